The first kappa shape index (κ1) is 24.4. The maximum atomic E-state index is 14.2. The molecule has 0 bridgehead atoms. The van der Waals surface area contributed by atoms with Crippen LogP contribution in [0, 0.1) is 5.82 Å². The molecule has 0 radical (unpaired) electrons. The van der Waals surface area contributed by atoms with E-state index in [0.29, 0.717) is 24.4 Å². The molecule has 0 saturated carbocycles. The molecular formula is C19H20FN5O6S. The van der Waals surface area contributed by atoms with Gasteiger partial charge in [0.2, 0.25) is 0 Å². The van der Waals surface area contributed by atoms with Gasteiger partial charge in [-0.3, -0.25) is 4.68 Å². The Morgan fingerprint density at radius 1 is 1.16 bits per heavy atom. The number of aromatic nitrogens is 4. The van der Waals surface area contributed by atoms with E-state index >= 15 is 0 Å². The highest BCUT2D eigenvalue weighted by molar-refractivity contribution is 7.90. The lowest BCUT2D eigenvalue weighted by Gasteiger charge is -2.09. The average Bonchev–Trinajstić information content (AvgIpc) is 3.35. The fourth-order valence-electron chi connectivity index (χ4n) is 2.54. The molecule has 3 N–H and O–H groups in total. The molecule has 0 aliphatic heterocycles. The molecule has 3 rings (SSSR count). The minimum absolute atomic E-state index is 0.00602. The second-order valence-electron chi connectivity index (χ2n) is 6.17. The number of nitrogens with one attached hydrogen (secondary N) is 1. The Kier molecular flexibility index (Phi) is 7.98. The van der Waals surface area contributed by atoms with Crippen LogP contribution >= 0.6 is 0 Å². The van der Waals surface area contributed by atoms with Gasteiger partial charge in [-0.25, -0.2) is 22.9 Å². The number of rotatable bonds is 7. The summed E-state index contributed by atoms with van der Waals surface area (Å²) in [6.45, 7) is 0.357. The first-order chi connectivity index (χ1) is 15.1. The Balaban J connectivity index is 0.000000390. The van der Waals surface area contributed by atoms with Crippen molar-refractivity contribution in [2.24, 2.45) is 7.05 Å². The molecule has 0 aliphatic carbocycles. The first-order valence-corrected chi connectivity index (χ1v) is 10.4. The number of halogens is 1. The molecule has 32 heavy (non-hydrogen) atoms. The highest BCUT2D eigenvalue weighted by Crippen LogP contribution is 2.26. The van der Waals surface area contributed by atoms with E-state index in [0.717, 1.165) is 3.97 Å². The van der Waals surface area contributed by atoms with Crippen molar-refractivity contribution in [3.8, 4) is 11.4 Å². The molecule has 0 unspecified atom stereocenters. The van der Waals surface area contributed by atoms with Crippen molar-refractivity contribution in [3.63, 3.8) is 0 Å². The second-order valence-corrected chi connectivity index (χ2v) is 7.93. The lowest BCUT2D eigenvalue weighted by molar-refractivity contribution is -0.134. The lowest BCUT2D eigenvalue weighted by Crippen LogP contribution is -2.17. The van der Waals surface area contributed by atoms with Crippen LogP contribution < -0.4 is 5.32 Å². The molecule has 1 aromatic carbocycles. The maximum Gasteiger partial charge on any atom is 0.328 e. The van der Waals surface area contributed by atoms with Crippen molar-refractivity contribution >= 4 is 22.0 Å². The van der Waals surface area contributed by atoms with E-state index in [2.05, 4.69) is 15.4 Å². The average molecular weight is 465 g/mol. The summed E-state index contributed by atoms with van der Waals surface area (Å²) in [5.74, 6) is -3.03. The van der Waals surface area contributed by atoms with Crippen molar-refractivity contribution in [1.29, 1.82) is 0 Å². The summed E-state index contributed by atoms with van der Waals surface area (Å²) in [6, 6.07) is 7.32. The Hall–Kier alpha value is -3.84. The van der Waals surface area contributed by atoms with E-state index < -0.39 is 27.8 Å². The normalized spacial score (nSPS) is 11.2. The smallest absolute Gasteiger partial charge is 0.328 e. The maximum absolute atomic E-state index is 14.2. The molecule has 2 aromatic heterocycles. The highest BCUT2D eigenvalue weighted by atomic mass is 32.2. The molecule has 170 valence electrons. The number of carbonyl (C=O) groups is 2. The first-order valence-electron chi connectivity index (χ1n) is 8.93. The van der Waals surface area contributed by atoms with E-state index in [9.17, 15) is 22.4 Å². The molecule has 13 heteroatoms. The fraction of sp³-hybridized carbons (Fsp3) is 0.158. The van der Waals surface area contributed by atoms with Crippen molar-refractivity contribution in [1.82, 2.24) is 24.1 Å². The number of nitrogens with zero attached hydrogens (tertiary/aromatic N) is 4. The van der Waals surface area contributed by atoms with E-state index in [1.54, 1.807) is 13.1 Å². The Labute approximate surface area is 182 Å². The molecule has 0 amide bonds. The predicted octanol–water partition coefficient (Wildman–Crippen LogP) is 1.09. The Bertz CT molecular complexity index is 1230. The monoisotopic (exact) mass is 465 g/mol. The van der Waals surface area contributed by atoms with Gasteiger partial charge in [0.15, 0.2) is 10.9 Å². The van der Waals surface area contributed by atoms with E-state index in [4.69, 9.17) is 10.2 Å². The zero-order valence-electron chi connectivity index (χ0n) is 17.0. The number of benzene rings is 1. The molecular weight excluding hydrogens is 445 g/mol. The van der Waals surface area contributed by atoms with Crippen molar-refractivity contribution in [2.75, 3.05) is 7.05 Å². The predicted molar refractivity (Wildman–Crippen MR) is 111 cm³/mol. The number of hydrogen-bond donors (Lipinski definition) is 3. The molecule has 0 atom stereocenters. The van der Waals surface area contributed by atoms with E-state index in [1.807, 2.05) is 0 Å². The standard InChI is InChI=1S/C15H16FN5O2S.C4H4O4/c1-17-9-11-10-21(24(22,23)14-7-8-18-20(14)2)15(19-11)12-5-3-4-6-13(12)16;5-3(6)1-2-4(7)8/h3-8,10,17H,9H2,1-2H3;1-2H,(H,5,6)(H,7,8). The zero-order valence-corrected chi connectivity index (χ0v) is 17.8. The summed E-state index contributed by atoms with van der Waals surface area (Å²) in [6.07, 6.45) is 3.90. The molecule has 2 heterocycles. The zero-order chi connectivity index (χ0) is 23.9. The fourth-order valence-corrected chi connectivity index (χ4v) is 3.98. The Morgan fingerprint density at radius 3 is 2.28 bits per heavy atom. The van der Waals surface area contributed by atoms with Crippen LogP contribution in [0.5, 0.6) is 0 Å². The number of carboxylic acid groups (broad SMARTS) is 2. The van der Waals surface area contributed by atoms with Crippen LogP contribution in [0.15, 0.2) is 59.9 Å². The summed E-state index contributed by atoms with van der Waals surface area (Å²) in [5, 5.41) is 22.4. The molecule has 0 spiro atoms. The summed E-state index contributed by atoms with van der Waals surface area (Å²) in [5.41, 5.74) is 0.604. The van der Waals surface area contributed by atoms with Gasteiger partial charge in [-0.2, -0.15) is 13.5 Å². The van der Waals surface area contributed by atoms with Crippen LogP contribution in [0.25, 0.3) is 11.4 Å². The van der Waals surface area contributed by atoms with Gasteiger partial charge in [-0.05, 0) is 25.2 Å². The van der Waals surface area contributed by atoms with Crippen LogP contribution in [-0.4, -0.2) is 56.4 Å². The van der Waals surface area contributed by atoms with Gasteiger partial charge in [-0.1, -0.05) is 12.1 Å². The molecule has 11 nitrogen and oxygen atoms in total. The number of hydrogen-bond acceptors (Lipinski definition) is 7. The molecule has 3 aromatic rings. The topological polar surface area (TPSA) is 156 Å². The van der Waals surface area contributed by atoms with Gasteiger partial charge in [0.05, 0.1) is 17.5 Å². The largest absolute Gasteiger partial charge is 0.478 e. The van der Waals surface area contributed by atoms with Crippen LogP contribution in [0.2, 0.25) is 0 Å². The van der Waals surface area contributed by atoms with Gasteiger partial charge >= 0.3 is 11.9 Å². The highest BCUT2D eigenvalue weighted by Gasteiger charge is 2.26. The van der Waals surface area contributed by atoms with Gasteiger partial charge in [0.25, 0.3) is 10.0 Å². The quantitative estimate of drug-likeness (QED) is 0.435. The minimum Gasteiger partial charge on any atom is -0.478 e. The number of imidazole rings is 1. The summed E-state index contributed by atoms with van der Waals surface area (Å²) in [7, 11) is -0.711. The minimum atomic E-state index is -3.96. The van der Waals surface area contributed by atoms with Gasteiger partial charge in [0, 0.05) is 31.9 Å². The van der Waals surface area contributed by atoms with Crippen LogP contribution in [0.3, 0.4) is 0 Å². The SMILES string of the molecule is CNCc1cn(S(=O)(=O)c2ccnn2C)c(-c2ccccc2F)n1.O=C(O)C=CC(=O)O. The summed E-state index contributed by atoms with van der Waals surface area (Å²) in [4.78, 5) is 23.4. The van der Waals surface area contributed by atoms with Crippen LogP contribution in [0.4, 0.5) is 4.39 Å². The summed E-state index contributed by atoms with van der Waals surface area (Å²) < 4.78 is 42.3. The Morgan fingerprint density at radius 2 is 1.78 bits per heavy atom. The van der Waals surface area contributed by atoms with Gasteiger partial charge in [0.1, 0.15) is 5.82 Å². The molecule has 0 aliphatic rings. The number of aryl methyl sites for hydroxylation is 1. The van der Waals surface area contributed by atoms with Crippen LogP contribution in [-0.2, 0) is 33.2 Å². The second kappa shape index (κ2) is 10.5. The van der Waals surface area contributed by atoms with Gasteiger partial charge < -0.3 is 15.5 Å². The third-order valence-electron chi connectivity index (χ3n) is 3.86. The number of aliphatic carboxylic acids is 2. The van der Waals surface area contributed by atoms with Gasteiger partial charge in [-0.15, -0.1) is 0 Å². The molecule has 0 saturated heterocycles. The van der Waals surface area contributed by atoms with E-state index in [1.165, 1.54) is 48.4 Å². The van der Waals surface area contributed by atoms with Crippen molar-refractivity contribution in [2.45, 2.75) is 11.6 Å². The third kappa shape index (κ3) is 5.86. The third-order valence-corrected chi connectivity index (χ3v) is 5.59. The number of carboxylic acids is 2. The van der Waals surface area contributed by atoms with E-state index in [-0.39, 0.29) is 16.4 Å². The molecule has 0 fully saturated rings. The van der Waals surface area contributed by atoms with Crippen molar-refractivity contribution < 1.29 is 32.6 Å². The van der Waals surface area contributed by atoms with Crippen molar-refractivity contribution in [3.05, 3.63) is 66.4 Å². The summed E-state index contributed by atoms with van der Waals surface area (Å²) >= 11 is 0. The lowest BCUT2D eigenvalue weighted by atomic mass is 10.2. The van der Waals surface area contributed by atoms with Crippen LogP contribution in [0.1, 0.15) is 5.69 Å².